The van der Waals surface area contributed by atoms with Crippen LogP contribution in [0, 0.1) is 17.0 Å². The van der Waals surface area contributed by atoms with Crippen LogP contribution in [0.15, 0.2) is 82.2 Å². The topological polar surface area (TPSA) is 192 Å². The van der Waals surface area contributed by atoms with Crippen molar-refractivity contribution in [1.29, 1.82) is 0 Å². The van der Waals surface area contributed by atoms with E-state index in [0.29, 0.717) is 79.0 Å². The Kier molecular flexibility index (Phi) is 11.8. The number of oxazole rings is 2. The third-order valence-electron chi connectivity index (χ3n) is 12.2. The van der Waals surface area contributed by atoms with Crippen LogP contribution in [0.25, 0.3) is 32.9 Å². The monoisotopic (exact) mass is 861 g/mol. The summed E-state index contributed by atoms with van der Waals surface area (Å²) in [4.78, 5) is 59.8. The number of carbonyl (C=O) groups is 2. The van der Waals surface area contributed by atoms with Crippen LogP contribution in [0.2, 0.25) is 0 Å². The van der Waals surface area contributed by atoms with Gasteiger partial charge < -0.3 is 28.9 Å². The first kappa shape index (κ1) is 41.7. The predicted molar refractivity (Wildman–Crippen MR) is 239 cm³/mol. The Morgan fingerprint density at radius 2 is 1.74 bits per heavy atom. The molecule has 0 bridgehead atoms. The Bertz CT molecular complexity index is 2750. The van der Waals surface area contributed by atoms with E-state index in [4.69, 9.17) is 13.6 Å². The van der Waals surface area contributed by atoms with Crippen molar-refractivity contribution in [3.05, 3.63) is 123 Å². The molecule has 62 heavy (non-hydrogen) atoms. The van der Waals surface area contributed by atoms with Crippen LogP contribution in [-0.2, 0) is 30.7 Å². The van der Waals surface area contributed by atoms with E-state index in [-0.39, 0.29) is 16.6 Å². The number of Topliss-reactive ketones (excluding diaryl/α,β-unsaturated/α-hetero) is 1. The van der Waals surface area contributed by atoms with Crippen molar-refractivity contribution in [1.82, 2.24) is 39.4 Å². The highest BCUT2D eigenvalue weighted by Gasteiger charge is 2.43. The number of hydrogen-bond donors (Lipinski definition) is 3. The zero-order chi connectivity index (χ0) is 43.0. The molecule has 0 aliphatic carbocycles. The van der Waals surface area contributed by atoms with Crippen molar-refractivity contribution in [3.63, 3.8) is 0 Å². The average molecular weight is 862 g/mol. The van der Waals surface area contributed by atoms with E-state index in [2.05, 4.69) is 52.3 Å². The molecule has 324 valence electrons. The number of aromatic nitrogens is 4. The standard InChI is InChI=1S/C45H51N9O7S/c1-29-35(11-15-52(3)27-43-50-40-9-6-33(54(57)58)22-41(40)61-43)37-21-31(5-8-39(37)49-29)45(56)62(18-12-46-13-19-62)53-16-17-59-42(26-53)44(55)30-4-7-38-36(20-30)32(23-48-38)10-14-51(2)25-34-24-47-28-60-34/h4-9,20-24,28,42,46,48-49H,10-19,25-27H2,1-3H3. The summed E-state index contributed by atoms with van der Waals surface area (Å²) in [7, 11) is 2.04. The number of carbonyl (C=O) groups excluding carboxylic acids is 2. The molecule has 3 N–H and O–H groups in total. The summed E-state index contributed by atoms with van der Waals surface area (Å²) in [6.07, 6.45) is 6.02. The molecule has 0 radical (unpaired) electrons. The Balaban J connectivity index is 0.894. The van der Waals surface area contributed by atoms with E-state index in [1.54, 1.807) is 12.3 Å². The van der Waals surface area contributed by atoms with Gasteiger partial charge in [-0.1, -0.05) is 0 Å². The number of nitrogens with zero attached hydrogens (tertiary/aromatic N) is 6. The summed E-state index contributed by atoms with van der Waals surface area (Å²) in [5.41, 5.74) is 7.50. The lowest BCUT2D eigenvalue weighted by atomic mass is 10.0. The Hall–Kier alpha value is -5.69. The summed E-state index contributed by atoms with van der Waals surface area (Å²) in [5, 5.41) is 16.9. The van der Waals surface area contributed by atoms with Crippen molar-refractivity contribution >= 4 is 59.7 Å². The van der Waals surface area contributed by atoms with Gasteiger partial charge >= 0.3 is 0 Å². The van der Waals surface area contributed by atoms with Crippen molar-refractivity contribution in [3.8, 4) is 0 Å². The molecule has 7 aromatic rings. The first-order valence-electron chi connectivity index (χ1n) is 21.0. The number of hydrogen-bond acceptors (Lipinski definition) is 13. The van der Waals surface area contributed by atoms with Crippen molar-refractivity contribution < 1.29 is 28.1 Å². The fourth-order valence-electron chi connectivity index (χ4n) is 8.88. The molecule has 2 aliphatic rings. The third kappa shape index (κ3) is 8.43. The second kappa shape index (κ2) is 17.6. The number of nitro benzene ring substituents is 1. The maximum atomic E-state index is 15.0. The highest BCUT2D eigenvalue weighted by atomic mass is 32.3. The number of non-ortho nitro benzene ring substituents is 1. The van der Waals surface area contributed by atoms with E-state index in [1.165, 1.54) is 18.5 Å². The summed E-state index contributed by atoms with van der Waals surface area (Å²) >= 11 is 0. The average Bonchev–Trinajstić information content (AvgIpc) is 4.10. The van der Waals surface area contributed by atoms with Crippen LogP contribution >= 0.6 is 10.2 Å². The SMILES string of the molecule is Cc1[nH]c2ccc(C(=O)S3(N4CCOC(C(=O)c5ccc6[nH]cc(CCN(C)Cc7cnco7)c6c5)C4)CCNCC3)cc2c1CCN(C)Cc1nc2ccc([N+](=O)[O-])cc2o1. The van der Waals surface area contributed by atoms with Crippen molar-refractivity contribution in [2.24, 2.45) is 0 Å². The number of likely N-dealkylation sites (N-methyl/N-ethyl adjacent to an activating group) is 2. The molecule has 0 spiro atoms. The fourth-order valence-corrected chi connectivity index (χ4v) is 12.6. The molecule has 2 fully saturated rings. The zero-order valence-corrected chi connectivity index (χ0v) is 36.0. The number of ketones is 1. The molecule has 6 heterocycles. The van der Waals surface area contributed by atoms with Gasteiger partial charge in [0.1, 0.15) is 17.4 Å². The number of ether oxygens (including phenoxy) is 1. The van der Waals surface area contributed by atoms with Gasteiger partial charge in [0.05, 0.1) is 36.9 Å². The number of morpholine rings is 1. The maximum absolute atomic E-state index is 15.0. The molecule has 1 atom stereocenters. The quantitative estimate of drug-likeness (QED) is 0.0584. The molecule has 2 aliphatic heterocycles. The Labute approximate surface area is 359 Å². The third-order valence-corrected chi connectivity index (χ3v) is 16.3. The van der Waals surface area contributed by atoms with Gasteiger partial charge in [-0.25, -0.2) is 9.97 Å². The number of nitrogens with one attached hydrogen (secondary N) is 3. The minimum atomic E-state index is -1.99. The van der Waals surface area contributed by atoms with Gasteiger partial charge in [0, 0.05) is 102 Å². The largest absolute Gasteiger partial charge is 0.447 e. The van der Waals surface area contributed by atoms with Crippen molar-refractivity contribution in [2.75, 3.05) is 71.5 Å². The van der Waals surface area contributed by atoms with Gasteiger partial charge in [0.2, 0.25) is 11.0 Å². The fraction of sp³-hybridized carbons (Fsp3) is 0.378. The molecular weight excluding hydrogens is 811 g/mol. The van der Waals surface area contributed by atoms with E-state index in [1.807, 2.05) is 50.6 Å². The first-order chi connectivity index (χ1) is 30.0. The first-order valence-corrected chi connectivity index (χ1v) is 22.9. The van der Waals surface area contributed by atoms with E-state index in [0.717, 1.165) is 76.9 Å². The van der Waals surface area contributed by atoms with Gasteiger partial charge in [-0.15, -0.1) is 10.2 Å². The predicted octanol–water partition coefficient (Wildman–Crippen LogP) is 6.39. The Morgan fingerprint density at radius 1 is 0.968 bits per heavy atom. The Morgan fingerprint density at radius 3 is 2.55 bits per heavy atom. The lowest BCUT2D eigenvalue weighted by molar-refractivity contribution is -0.384. The lowest BCUT2D eigenvalue weighted by Gasteiger charge is -2.52. The minimum Gasteiger partial charge on any atom is -0.447 e. The number of benzene rings is 3. The van der Waals surface area contributed by atoms with Gasteiger partial charge in [0.15, 0.2) is 17.8 Å². The molecule has 3 aromatic carbocycles. The summed E-state index contributed by atoms with van der Waals surface area (Å²) in [5.74, 6) is 2.65. The lowest BCUT2D eigenvalue weighted by Crippen LogP contribution is -2.53. The van der Waals surface area contributed by atoms with Crippen LogP contribution in [0.1, 0.15) is 49.2 Å². The highest BCUT2D eigenvalue weighted by Crippen LogP contribution is 2.55. The molecule has 4 aromatic heterocycles. The van der Waals surface area contributed by atoms with Gasteiger partial charge in [-0.2, -0.15) is 0 Å². The second-order valence-electron chi connectivity index (χ2n) is 16.4. The van der Waals surface area contributed by atoms with Crippen LogP contribution in [0.4, 0.5) is 5.69 Å². The van der Waals surface area contributed by atoms with E-state index >= 15 is 4.79 Å². The molecule has 1 unspecified atom stereocenters. The van der Waals surface area contributed by atoms with Crippen LogP contribution in [0.5, 0.6) is 0 Å². The molecule has 0 amide bonds. The molecule has 9 rings (SSSR count). The molecule has 2 saturated heterocycles. The van der Waals surface area contributed by atoms with Crippen LogP contribution in [-0.4, -0.2) is 127 Å². The van der Waals surface area contributed by atoms with Crippen molar-refractivity contribution in [2.45, 2.75) is 39.0 Å². The summed E-state index contributed by atoms with van der Waals surface area (Å²) in [6, 6.07) is 16.3. The maximum Gasteiger partial charge on any atom is 0.273 e. The van der Waals surface area contributed by atoms with Crippen LogP contribution < -0.4 is 5.32 Å². The molecular formula is C45H51N9O7S. The minimum absolute atomic E-state index is 0.0366. The number of rotatable bonds is 15. The zero-order valence-electron chi connectivity index (χ0n) is 35.1. The molecule has 0 saturated carbocycles. The van der Waals surface area contributed by atoms with Gasteiger partial charge in [0.25, 0.3) is 5.69 Å². The number of H-pyrrole nitrogens is 2. The highest BCUT2D eigenvalue weighted by molar-refractivity contribution is 8.43. The second-order valence-corrected chi connectivity index (χ2v) is 19.8. The number of fused-ring (bicyclic) bond motifs is 3. The summed E-state index contributed by atoms with van der Waals surface area (Å²) < 4.78 is 19.8. The number of aryl methyl sites for hydroxylation is 1. The van der Waals surface area contributed by atoms with E-state index < -0.39 is 21.2 Å². The molecule has 16 nitrogen and oxygen atoms in total. The summed E-state index contributed by atoms with van der Waals surface area (Å²) in [6.45, 7) is 7.44. The number of aromatic amines is 2. The normalized spacial score (nSPS) is 17.7. The van der Waals surface area contributed by atoms with E-state index in [9.17, 15) is 14.9 Å². The number of nitro groups is 1. The van der Waals surface area contributed by atoms with Crippen LogP contribution in [0.3, 0.4) is 0 Å². The smallest absolute Gasteiger partial charge is 0.273 e. The van der Waals surface area contributed by atoms with Gasteiger partial charge in [-0.3, -0.25) is 33.8 Å². The van der Waals surface area contributed by atoms with Gasteiger partial charge in [-0.05, 0) is 87.5 Å². The molecule has 17 heteroatoms.